The highest BCUT2D eigenvalue weighted by Crippen LogP contribution is 2.28. The second-order valence-corrected chi connectivity index (χ2v) is 6.31. The maximum Gasteiger partial charge on any atom is 0.263 e. The predicted molar refractivity (Wildman–Crippen MR) is 95.4 cm³/mol. The average Bonchev–Trinajstić information content (AvgIpc) is 3.16. The quantitative estimate of drug-likeness (QED) is 0.724. The summed E-state index contributed by atoms with van der Waals surface area (Å²) in [5, 5.41) is 8.10. The van der Waals surface area contributed by atoms with E-state index in [1.54, 1.807) is 11.9 Å². The van der Waals surface area contributed by atoms with Crippen LogP contribution in [0.3, 0.4) is 0 Å². The van der Waals surface area contributed by atoms with Gasteiger partial charge in [0, 0.05) is 12.6 Å². The standard InChI is InChI=1S/C20H19N3O3/c1-23(13-18-21-22-19(26-18)15-8-3-2-4-9-15)20(24)17-12-11-14-7-5-6-10-16(14)25-17/h2-10,17H,11-13H2,1H3/t17-/m0/s1. The lowest BCUT2D eigenvalue weighted by atomic mass is 10.0. The van der Waals surface area contributed by atoms with Crippen LogP contribution in [0.1, 0.15) is 17.9 Å². The first-order valence-electron chi connectivity index (χ1n) is 8.58. The third-order valence-electron chi connectivity index (χ3n) is 4.43. The van der Waals surface area contributed by atoms with Crippen LogP contribution >= 0.6 is 0 Å². The number of nitrogens with zero attached hydrogens (tertiary/aromatic N) is 3. The maximum atomic E-state index is 12.7. The SMILES string of the molecule is CN(Cc1nnc(-c2ccccc2)o1)C(=O)[C@@H]1CCc2ccccc2O1. The van der Waals surface area contributed by atoms with Gasteiger partial charge in [-0.15, -0.1) is 10.2 Å². The molecule has 6 nitrogen and oxygen atoms in total. The van der Waals surface area contributed by atoms with Crippen molar-refractivity contribution in [3.05, 3.63) is 66.1 Å². The Kier molecular flexibility index (Phi) is 4.39. The van der Waals surface area contributed by atoms with Gasteiger partial charge in [0.2, 0.25) is 11.8 Å². The molecule has 1 atom stereocenters. The molecule has 4 rings (SSSR count). The van der Waals surface area contributed by atoms with E-state index in [1.807, 2.05) is 54.6 Å². The number of hydrogen-bond donors (Lipinski definition) is 0. The number of carbonyl (C=O) groups is 1. The van der Waals surface area contributed by atoms with E-state index < -0.39 is 6.10 Å². The minimum absolute atomic E-state index is 0.0843. The molecule has 0 fully saturated rings. The topological polar surface area (TPSA) is 68.5 Å². The molecule has 0 unspecified atom stereocenters. The molecule has 2 heterocycles. The van der Waals surface area contributed by atoms with Gasteiger partial charge < -0.3 is 14.1 Å². The zero-order valence-corrected chi connectivity index (χ0v) is 14.5. The lowest BCUT2D eigenvalue weighted by molar-refractivity contribution is -0.138. The second kappa shape index (κ2) is 7.00. The molecule has 0 saturated heterocycles. The van der Waals surface area contributed by atoms with Crippen molar-refractivity contribution in [2.24, 2.45) is 0 Å². The van der Waals surface area contributed by atoms with E-state index >= 15 is 0 Å². The van der Waals surface area contributed by atoms with Crippen molar-refractivity contribution >= 4 is 5.91 Å². The fourth-order valence-corrected chi connectivity index (χ4v) is 3.04. The summed E-state index contributed by atoms with van der Waals surface area (Å²) in [7, 11) is 1.72. The van der Waals surface area contributed by atoms with E-state index in [-0.39, 0.29) is 12.5 Å². The summed E-state index contributed by atoms with van der Waals surface area (Å²) in [6, 6.07) is 17.4. The Labute approximate surface area is 151 Å². The molecule has 0 spiro atoms. The fraction of sp³-hybridized carbons (Fsp3) is 0.250. The maximum absolute atomic E-state index is 12.7. The molecule has 0 aliphatic carbocycles. The summed E-state index contributed by atoms with van der Waals surface area (Å²) in [5.74, 6) is 1.55. The molecular formula is C20H19N3O3. The summed E-state index contributed by atoms with van der Waals surface area (Å²) < 4.78 is 11.5. The monoisotopic (exact) mass is 349 g/mol. The number of carbonyl (C=O) groups excluding carboxylic acids is 1. The molecule has 132 valence electrons. The van der Waals surface area contributed by atoms with Gasteiger partial charge in [0.05, 0.1) is 6.54 Å². The van der Waals surface area contributed by atoms with E-state index in [1.165, 1.54) is 0 Å². The van der Waals surface area contributed by atoms with Crippen LogP contribution < -0.4 is 4.74 Å². The first-order chi connectivity index (χ1) is 12.7. The Morgan fingerprint density at radius 2 is 1.88 bits per heavy atom. The number of ether oxygens (including phenoxy) is 1. The Morgan fingerprint density at radius 1 is 1.12 bits per heavy atom. The molecule has 0 bridgehead atoms. The number of rotatable bonds is 4. The Morgan fingerprint density at radius 3 is 2.73 bits per heavy atom. The number of aryl methyl sites for hydroxylation is 1. The van der Waals surface area contributed by atoms with E-state index in [0.717, 1.165) is 23.3 Å². The third-order valence-corrected chi connectivity index (χ3v) is 4.43. The van der Waals surface area contributed by atoms with Gasteiger partial charge in [0.25, 0.3) is 5.91 Å². The van der Waals surface area contributed by atoms with E-state index in [0.29, 0.717) is 18.2 Å². The summed E-state index contributed by atoms with van der Waals surface area (Å²) in [6.07, 6.45) is 1.02. The van der Waals surface area contributed by atoms with Crippen LogP contribution in [-0.4, -0.2) is 34.2 Å². The van der Waals surface area contributed by atoms with Crippen LogP contribution in [0.25, 0.3) is 11.5 Å². The summed E-state index contributed by atoms with van der Waals surface area (Å²) in [4.78, 5) is 14.3. The van der Waals surface area contributed by atoms with Crippen molar-refractivity contribution in [2.45, 2.75) is 25.5 Å². The van der Waals surface area contributed by atoms with Gasteiger partial charge in [-0.25, -0.2) is 0 Å². The van der Waals surface area contributed by atoms with Crippen molar-refractivity contribution in [2.75, 3.05) is 7.05 Å². The van der Waals surface area contributed by atoms with Crippen molar-refractivity contribution in [3.63, 3.8) is 0 Å². The smallest absolute Gasteiger partial charge is 0.263 e. The first kappa shape index (κ1) is 16.3. The van der Waals surface area contributed by atoms with Crippen molar-refractivity contribution < 1.29 is 13.9 Å². The number of aromatic nitrogens is 2. The lowest BCUT2D eigenvalue weighted by Crippen LogP contribution is -2.41. The van der Waals surface area contributed by atoms with Crippen LogP contribution in [0.4, 0.5) is 0 Å². The zero-order valence-electron chi connectivity index (χ0n) is 14.5. The van der Waals surface area contributed by atoms with Crippen LogP contribution in [-0.2, 0) is 17.8 Å². The highest BCUT2D eigenvalue weighted by molar-refractivity contribution is 5.81. The van der Waals surface area contributed by atoms with Crippen LogP contribution in [0.15, 0.2) is 59.0 Å². The van der Waals surface area contributed by atoms with E-state index in [9.17, 15) is 4.79 Å². The molecule has 26 heavy (non-hydrogen) atoms. The van der Waals surface area contributed by atoms with E-state index in [2.05, 4.69) is 10.2 Å². The molecule has 1 aromatic heterocycles. The van der Waals surface area contributed by atoms with Gasteiger partial charge in [0.1, 0.15) is 5.75 Å². The van der Waals surface area contributed by atoms with Gasteiger partial charge in [-0.2, -0.15) is 0 Å². The van der Waals surface area contributed by atoms with Gasteiger partial charge in [-0.3, -0.25) is 4.79 Å². The van der Waals surface area contributed by atoms with Crippen LogP contribution in [0.2, 0.25) is 0 Å². The molecule has 3 aromatic rings. The molecular weight excluding hydrogens is 330 g/mol. The fourth-order valence-electron chi connectivity index (χ4n) is 3.04. The summed E-state index contributed by atoms with van der Waals surface area (Å²) >= 11 is 0. The average molecular weight is 349 g/mol. The highest BCUT2D eigenvalue weighted by atomic mass is 16.5. The number of benzene rings is 2. The third kappa shape index (κ3) is 3.31. The second-order valence-electron chi connectivity index (χ2n) is 6.31. The summed E-state index contributed by atoms with van der Waals surface area (Å²) in [5.41, 5.74) is 2.00. The Balaban J connectivity index is 1.42. The molecule has 1 amide bonds. The minimum atomic E-state index is -0.480. The Bertz CT molecular complexity index is 907. The van der Waals surface area contributed by atoms with Crippen molar-refractivity contribution in [1.82, 2.24) is 15.1 Å². The van der Waals surface area contributed by atoms with E-state index in [4.69, 9.17) is 9.15 Å². The van der Waals surface area contributed by atoms with Gasteiger partial charge >= 0.3 is 0 Å². The highest BCUT2D eigenvalue weighted by Gasteiger charge is 2.29. The predicted octanol–water partition coefficient (Wildman–Crippen LogP) is 3.09. The molecule has 6 heteroatoms. The summed E-state index contributed by atoms with van der Waals surface area (Å²) in [6.45, 7) is 0.250. The van der Waals surface area contributed by atoms with Crippen molar-refractivity contribution in [3.8, 4) is 17.2 Å². The van der Waals surface area contributed by atoms with Crippen LogP contribution in [0.5, 0.6) is 5.75 Å². The van der Waals surface area contributed by atoms with Gasteiger partial charge in [0.15, 0.2) is 6.10 Å². The molecule has 0 saturated carbocycles. The van der Waals surface area contributed by atoms with Crippen molar-refractivity contribution in [1.29, 1.82) is 0 Å². The largest absolute Gasteiger partial charge is 0.480 e. The van der Waals surface area contributed by atoms with Gasteiger partial charge in [-0.1, -0.05) is 36.4 Å². The lowest BCUT2D eigenvalue weighted by Gasteiger charge is -2.28. The number of hydrogen-bond acceptors (Lipinski definition) is 5. The minimum Gasteiger partial charge on any atom is -0.480 e. The number of para-hydroxylation sites is 1. The molecule has 0 N–H and O–H groups in total. The van der Waals surface area contributed by atoms with Gasteiger partial charge in [-0.05, 0) is 36.6 Å². The normalized spacial score (nSPS) is 15.8. The molecule has 1 aliphatic heterocycles. The number of likely N-dealkylation sites (N-methyl/N-ethyl adjacent to an activating group) is 1. The zero-order chi connectivity index (χ0) is 17.9. The Hall–Kier alpha value is -3.15. The molecule has 1 aliphatic rings. The first-order valence-corrected chi connectivity index (χ1v) is 8.58. The number of amides is 1. The molecule has 2 aromatic carbocycles. The number of fused-ring (bicyclic) bond motifs is 1. The molecule has 0 radical (unpaired) electrons. The van der Waals surface area contributed by atoms with Crippen LogP contribution in [0, 0.1) is 0 Å².